The number of carbonyl (C=O) groups excluding carboxylic acids is 2. The van der Waals surface area contributed by atoms with Crippen molar-refractivity contribution in [2.24, 2.45) is 7.05 Å². The van der Waals surface area contributed by atoms with Gasteiger partial charge in [0, 0.05) is 71.2 Å². The molecule has 3 aliphatic heterocycles. The van der Waals surface area contributed by atoms with Crippen molar-refractivity contribution in [2.45, 2.75) is 24.9 Å². The summed E-state index contributed by atoms with van der Waals surface area (Å²) in [5, 5.41) is 7.23. The zero-order chi connectivity index (χ0) is 19.0. The maximum atomic E-state index is 12.7. The minimum Gasteiger partial charge on any atom is -0.326 e. The van der Waals surface area contributed by atoms with Crippen LogP contribution >= 0.6 is 0 Å². The zero-order valence-corrected chi connectivity index (χ0v) is 16.2. The Kier molecular flexibility index (Phi) is 5.05. The Morgan fingerprint density at radius 3 is 2.59 bits per heavy atom. The van der Waals surface area contributed by atoms with Gasteiger partial charge in [0.2, 0.25) is 0 Å². The Hall–Kier alpha value is -2.13. The van der Waals surface area contributed by atoms with Gasteiger partial charge in [0.05, 0.1) is 0 Å². The Bertz CT molecular complexity index is 698. The number of nitrogens with zero attached hydrogens (tertiary/aromatic N) is 6. The summed E-state index contributed by atoms with van der Waals surface area (Å²) < 4.78 is 1.68. The summed E-state index contributed by atoms with van der Waals surface area (Å²) in [7, 11) is 3.98. The first kappa shape index (κ1) is 18.2. The SMILES string of the molecule is CN1CCN(C2CCN(C(=O)NC3CCN(c4ccn(C)n4)C3=O)C2)CC1. The lowest BCUT2D eigenvalue weighted by Gasteiger charge is -2.36. The molecular formula is C18H29N7O2. The number of piperazine rings is 1. The number of urea groups is 1. The van der Waals surface area contributed by atoms with E-state index < -0.39 is 6.04 Å². The van der Waals surface area contributed by atoms with E-state index in [1.165, 1.54) is 0 Å². The quantitative estimate of drug-likeness (QED) is 0.775. The van der Waals surface area contributed by atoms with E-state index in [9.17, 15) is 9.59 Å². The van der Waals surface area contributed by atoms with Crippen LogP contribution in [-0.4, -0.2) is 101 Å². The molecule has 2 atom stereocenters. The van der Waals surface area contributed by atoms with Crippen LogP contribution in [0, 0.1) is 0 Å². The van der Waals surface area contributed by atoms with Gasteiger partial charge < -0.3 is 15.1 Å². The highest BCUT2D eigenvalue weighted by molar-refractivity contribution is 6.00. The number of amides is 3. The molecule has 4 heterocycles. The fraction of sp³-hybridized carbons (Fsp3) is 0.722. The van der Waals surface area contributed by atoms with Crippen molar-refractivity contribution < 1.29 is 9.59 Å². The summed E-state index contributed by atoms with van der Waals surface area (Å²) in [5.41, 5.74) is 0. The molecule has 3 amide bonds. The lowest BCUT2D eigenvalue weighted by molar-refractivity contribution is -0.118. The number of carbonyl (C=O) groups is 2. The molecule has 1 aromatic rings. The van der Waals surface area contributed by atoms with E-state index in [4.69, 9.17) is 0 Å². The largest absolute Gasteiger partial charge is 0.326 e. The Morgan fingerprint density at radius 2 is 1.89 bits per heavy atom. The maximum absolute atomic E-state index is 12.7. The number of aryl methyl sites for hydroxylation is 1. The second-order valence-corrected chi connectivity index (χ2v) is 7.86. The lowest BCUT2D eigenvalue weighted by Crippen LogP contribution is -2.51. The normalized spacial score (nSPS) is 27.6. The number of likely N-dealkylation sites (N-methyl/N-ethyl adjacent to an activating group) is 1. The third-order valence-electron chi connectivity index (χ3n) is 5.98. The molecule has 27 heavy (non-hydrogen) atoms. The van der Waals surface area contributed by atoms with Crippen molar-refractivity contribution in [3.05, 3.63) is 12.3 Å². The van der Waals surface area contributed by atoms with Crippen molar-refractivity contribution in [3.8, 4) is 0 Å². The Labute approximate surface area is 159 Å². The molecule has 2 unspecified atom stereocenters. The number of hydrogen-bond donors (Lipinski definition) is 1. The average Bonchev–Trinajstić information content (AvgIpc) is 3.37. The highest BCUT2D eigenvalue weighted by Gasteiger charge is 2.37. The molecular weight excluding hydrogens is 346 g/mol. The first-order valence-corrected chi connectivity index (χ1v) is 9.80. The summed E-state index contributed by atoms with van der Waals surface area (Å²) >= 11 is 0. The fourth-order valence-corrected chi connectivity index (χ4v) is 4.24. The van der Waals surface area contributed by atoms with Crippen molar-refractivity contribution in [1.82, 2.24) is 29.8 Å². The predicted molar refractivity (Wildman–Crippen MR) is 102 cm³/mol. The van der Waals surface area contributed by atoms with E-state index in [1.807, 2.05) is 24.2 Å². The summed E-state index contributed by atoms with van der Waals surface area (Å²) in [4.78, 5) is 33.7. The highest BCUT2D eigenvalue weighted by Crippen LogP contribution is 2.21. The molecule has 0 radical (unpaired) electrons. The molecule has 3 aliphatic rings. The van der Waals surface area contributed by atoms with Gasteiger partial charge in [-0.05, 0) is 19.9 Å². The fourth-order valence-electron chi connectivity index (χ4n) is 4.24. The van der Waals surface area contributed by atoms with E-state index in [0.29, 0.717) is 24.8 Å². The average molecular weight is 375 g/mol. The van der Waals surface area contributed by atoms with Crippen LogP contribution in [-0.2, 0) is 11.8 Å². The van der Waals surface area contributed by atoms with Gasteiger partial charge in [-0.3, -0.25) is 19.3 Å². The summed E-state index contributed by atoms with van der Waals surface area (Å²) in [6, 6.07) is 1.69. The Balaban J connectivity index is 1.29. The van der Waals surface area contributed by atoms with Crippen LogP contribution in [0.3, 0.4) is 0 Å². The molecule has 0 aromatic carbocycles. The number of anilines is 1. The van der Waals surface area contributed by atoms with Crippen LogP contribution in [0.25, 0.3) is 0 Å². The predicted octanol–water partition coefficient (Wildman–Crippen LogP) is -0.443. The van der Waals surface area contributed by atoms with Gasteiger partial charge in [-0.2, -0.15) is 5.10 Å². The molecule has 0 spiro atoms. The molecule has 9 heteroatoms. The Morgan fingerprint density at radius 1 is 1.11 bits per heavy atom. The molecule has 0 bridgehead atoms. The van der Waals surface area contributed by atoms with E-state index in [1.54, 1.807) is 9.58 Å². The number of rotatable bonds is 3. The van der Waals surface area contributed by atoms with Gasteiger partial charge in [0.25, 0.3) is 5.91 Å². The second-order valence-electron chi connectivity index (χ2n) is 7.86. The van der Waals surface area contributed by atoms with Crippen molar-refractivity contribution >= 4 is 17.8 Å². The molecule has 9 nitrogen and oxygen atoms in total. The van der Waals surface area contributed by atoms with Crippen molar-refractivity contribution in [3.63, 3.8) is 0 Å². The molecule has 1 N–H and O–H groups in total. The monoisotopic (exact) mass is 375 g/mol. The topological polar surface area (TPSA) is 77.0 Å². The van der Waals surface area contributed by atoms with Gasteiger partial charge in [-0.15, -0.1) is 0 Å². The molecule has 148 valence electrons. The summed E-state index contributed by atoms with van der Waals surface area (Å²) in [6.45, 7) is 6.40. The van der Waals surface area contributed by atoms with Crippen LogP contribution in [0.2, 0.25) is 0 Å². The minimum atomic E-state index is -0.456. The second kappa shape index (κ2) is 7.47. The van der Waals surface area contributed by atoms with Crippen LogP contribution in [0.5, 0.6) is 0 Å². The summed E-state index contributed by atoms with van der Waals surface area (Å²) in [5.74, 6) is 0.576. The zero-order valence-electron chi connectivity index (χ0n) is 16.2. The number of hydrogen-bond acceptors (Lipinski definition) is 5. The van der Waals surface area contributed by atoms with Crippen LogP contribution in [0.1, 0.15) is 12.8 Å². The van der Waals surface area contributed by atoms with E-state index in [2.05, 4.69) is 27.3 Å². The van der Waals surface area contributed by atoms with E-state index in [-0.39, 0.29) is 11.9 Å². The van der Waals surface area contributed by atoms with Crippen molar-refractivity contribution in [1.29, 1.82) is 0 Å². The summed E-state index contributed by atoms with van der Waals surface area (Å²) in [6.07, 6.45) is 3.45. The molecule has 0 saturated carbocycles. The first-order chi connectivity index (χ1) is 13.0. The molecule has 0 aliphatic carbocycles. The van der Waals surface area contributed by atoms with Gasteiger partial charge in [0.1, 0.15) is 6.04 Å². The number of likely N-dealkylation sites (tertiary alicyclic amines) is 1. The maximum Gasteiger partial charge on any atom is 0.318 e. The molecule has 3 saturated heterocycles. The minimum absolute atomic E-state index is 0.0723. The number of nitrogens with one attached hydrogen (secondary N) is 1. The van der Waals surface area contributed by atoms with Gasteiger partial charge in [-0.1, -0.05) is 0 Å². The third kappa shape index (κ3) is 3.79. The molecule has 1 aromatic heterocycles. The van der Waals surface area contributed by atoms with Crippen LogP contribution < -0.4 is 10.2 Å². The first-order valence-electron chi connectivity index (χ1n) is 9.80. The molecule has 4 rings (SSSR count). The lowest BCUT2D eigenvalue weighted by atomic mass is 10.2. The van der Waals surface area contributed by atoms with Gasteiger partial charge >= 0.3 is 6.03 Å². The standard InChI is InChI=1S/C18H29N7O2/c1-21-9-11-23(12-10-21)14-3-7-24(13-14)18(27)19-15-4-8-25(17(15)26)16-5-6-22(2)20-16/h5-6,14-15H,3-4,7-13H2,1-2H3,(H,19,27). The number of aromatic nitrogens is 2. The molecule has 3 fully saturated rings. The van der Waals surface area contributed by atoms with E-state index in [0.717, 1.165) is 45.7 Å². The highest BCUT2D eigenvalue weighted by atomic mass is 16.2. The van der Waals surface area contributed by atoms with E-state index >= 15 is 0 Å². The van der Waals surface area contributed by atoms with Gasteiger partial charge in [0.15, 0.2) is 5.82 Å². The van der Waals surface area contributed by atoms with Crippen LogP contribution in [0.15, 0.2) is 12.3 Å². The van der Waals surface area contributed by atoms with Gasteiger partial charge in [-0.25, -0.2) is 4.79 Å². The van der Waals surface area contributed by atoms with Crippen LogP contribution in [0.4, 0.5) is 10.6 Å². The smallest absolute Gasteiger partial charge is 0.318 e. The third-order valence-corrected chi connectivity index (χ3v) is 5.98. The van der Waals surface area contributed by atoms with Crippen molar-refractivity contribution in [2.75, 3.05) is 57.8 Å².